The lowest BCUT2D eigenvalue weighted by molar-refractivity contribution is -0.127. The number of amides is 1. The third-order valence-electron chi connectivity index (χ3n) is 3.49. The average Bonchev–Trinajstić information content (AvgIpc) is 2.46. The molecule has 0 aliphatic carbocycles. The number of hydrogen-bond donors (Lipinski definition) is 1. The summed E-state index contributed by atoms with van der Waals surface area (Å²) in [5.74, 6) is 0.0784. The Morgan fingerprint density at radius 3 is 2.75 bits per heavy atom. The van der Waals surface area contributed by atoms with Gasteiger partial charge in [-0.05, 0) is 12.2 Å². The molecule has 8 heteroatoms. The number of carbonyl (C=O) groups is 1. The van der Waals surface area contributed by atoms with Gasteiger partial charge in [0.05, 0.1) is 11.3 Å². The van der Waals surface area contributed by atoms with Crippen molar-refractivity contribution in [1.29, 1.82) is 0 Å². The van der Waals surface area contributed by atoms with E-state index >= 15 is 0 Å². The Morgan fingerprint density at radius 1 is 1.25 bits per heavy atom. The second kappa shape index (κ2) is 5.02. The Kier molecular flexibility index (Phi) is 3.35. The summed E-state index contributed by atoms with van der Waals surface area (Å²) < 4.78 is 27.1. The minimum Gasteiger partial charge on any atom is -0.336 e. The molecule has 1 N–H and O–H groups in total. The smallest absolute Gasteiger partial charge is 0.257 e. The highest BCUT2D eigenvalue weighted by Gasteiger charge is 2.32. The van der Waals surface area contributed by atoms with E-state index < -0.39 is 10.0 Å². The van der Waals surface area contributed by atoms with Crippen molar-refractivity contribution in [2.75, 3.05) is 38.5 Å². The number of sulfonamides is 1. The van der Waals surface area contributed by atoms with Gasteiger partial charge in [0.2, 0.25) is 0 Å². The molecular weight excluding hydrogens is 280 g/mol. The second-order valence-electron chi connectivity index (χ2n) is 4.86. The maximum absolute atomic E-state index is 12.5. The maximum atomic E-state index is 12.5. The van der Waals surface area contributed by atoms with Gasteiger partial charge in [-0.3, -0.25) is 4.79 Å². The van der Waals surface area contributed by atoms with Gasteiger partial charge in [-0.1, -0.05) is 0 Å². The summed E-state index contributed by atoms with van der Waals surface area (Å²) in [5.41, 5.74) is 0.359. The van der Waals surface area contributed by atoms with Gasteiger partial charge in [-0.15, -0.1) is 4.40 Å². The first kappa shape index (κ1) is 13.3. The second-order valence-corrected chi connectivity index (χ2v) is 6.61. The minimum atomic E-state index is -3.46. The summed E-state index contributed by atoms with van der Waals surface area (Å²) in [4.78, 5) is 16.0. The first-order valence-corrected chi connectivity index (χ1v) is 8.16. The molecule has 0 atom stereocenters. The zero-order valence-corrected chi connectivity index (χ0v) is 11.8. The molecule has 0 aromatic rings. The van der Waals surface area contributed by atoms with Crippen LogP contribution in [0.3, 0.4) is 0 Å². The molecule has 0 aromatic carbocycles. The van der Waals surface area contributed by atoms with Crippen LogP contribution in [-0.2, 0) is 14.8 Å². The molecule has 0 bridgehead atoms. The molecule has 1 fully saturated rings. The molecule has 3 heterocycles. The average molecular weight is 296 g/mol. The van der Waals surface area contributed by atoms with Gasteiger partial charge in [-0.25, -0.2) is 8.42 Å². The molecule has 3 rings (SSSR count). The van der Waals surface area contributed by atoms with Crippen LogP contribution in [0.5, 0.6) is 0 Å². The van der Waals surface area contributed by atoms with E-state index in [9.17, 15) is 13.2 Å². The highest BCUT2D eigenvalue weighted by molar-refractivity contribution is 7.90. The van der Waals surface area contributed by atoms with Crippen molar-refractivity contribution in [2.45, 2.75) is 0 Å². The molecule has 1 saturated heterocycles. The van der Waals surface area contributed by atoms with E-state index in [1.807, 2.05) is 0 Å². The number of allylic oxidation sites excluding steroid dienone is 2. The number of hydrogen-bond acceptors (Lipinski definition) is 5. The molecule has 0 unspecified atom stereocenters. The molecule has 7 nitrogen and oxygen atoms in total. The summed E-state index contributed by atoms with van der Waals surface area (Å²) in [6.07, 6.45) is 5.15. The number of nitrogens with zero attached hydrogens (tertiary/aromatic N) is 3. The summed E-state index contributed by atoms with van der Waals surface area (Å²) in [6, 6.07) is 0. The van der Waals surface area contributed by atoms with Crippen LogP contribution in [0.2, 0.25) is 0 Å². The predicted octanol–water partition coefficient (Wildman–Crippen LogP) is -1.08. The molecule has 0 spiro atoms. The highest BCUT2D eigenvalue weighted by atomic mass is 32.2. The fourth-order valence-corrected chi connectivity index (χ4v) is 3.41. The van der Waals surface area contributed by atoms with E-state index in [0.29, 0.717) is 25.2 Å². The zero-order valence-electron chi connectivity index (χ0n) is 10.9. The Hall–Kier alpha value is -1.67. The monoisotopic (exact) mass is 296 g/mol. The quantitative estimate of drug-likeness (QED) is 0.665. The van der Waals surface area contributed by atoms with E-state index in [1.165, 1.54) is 0 Å². The van der Waals surface area contributed by atoms with Gasteiger partial charge >= 0.3 is 0 Å². The van der Waals surface area contributed by atoms with Crippen LogP contribution in [0, 0.1) is 0 Å². The number of carbonyl (C=O) groups excluding carboxylic acids is 1. The van der Waals surface area contributed by atoms with Crippen molar-refractivity contribution in [3.8, 4) is 0 Å². The Balaban J connectivity index is 1.91. The number of fused-ring (bicyclic) bond motifs is 1. The van der Waals surface area contributed by atoms with Crippen LogP contribution >= 0.6 is 0 Å². The Bertz CT molecular complexity index is 615. The third-order valence-corrected chi connectivity index (χ3v) is 4.64. The fourth-order valence-electron chi connectivity index (χ4n) is 2.42. The van der Waals surface area contributed by atoms with Crippen molar-refractivity contribution >= 4 is 21.8 Å². The standard InChI is InChI=1S/C12H16N4O3S/c17-12(16-6-3-13-4-7-16)10-2-1-5-15-8-9-20(18,19)14-11(10)15/h1-2,5,13H,3-4,6-9H2. The van der Waals surface area contributed by atoms with Crippen molar-refractivity contribution in [1.82, 2.24) is 15.1 Å². The lowest BCUT2D eigenvalue weighted by atomic mass is 10.1. The minimum absolute atomic E-state index is 0.0179. The highest BCUT2D eigenvalue weighted by Crippen LogP contribution is 2.19. The fraction of sp³-hybridized carbons (Fsp3) is 0.500. The SMILES string of the molecule is O=C(C1=CC=CN2CCS(=O)(=O)N=C12)N1CCNCC1. The van der Waals surface area contributed by atoms with E-state index in [0.717, 1.165) is 13.1 Å². The van der Waals surface area contributed by atoms with Crippen LogP contribution in [0.1, 0.15) is 0 Å². The molecule has 108 valence electrons. The summed E-state index contributed by atoms with van der Waals surface area (Å²) in [5, 5.41) is 3.18. The molecule has 3 aliphatic heterocycles. The molecule has 3 aliphatic rings. The summed E-state index contributed by atoms with van der Waals surface area (Å²) in [7, 11) is -3.46. The number of nitrogens with one attached hydrogen (secondary N) is 1. The molecule has 0 saturated carbocycles. The molecule has 1 amide bonds. The van der Waals surface area contributed by atoms with Crippen LogP contribution in [0.15, 0.2) is 28.3 Å². The first-order chi connectivity index (χ1) is 9.57. The van der Waals surface area contributed by atoms with Crippen molar-refractivity contribution in [3.63, 3.8) is 0 Å². The van der Waals surface area contributed by atoms with Gasteiger partial charge in [0.1, 0.15) is 0 Å². The Labute approximate surface area is 117 Å². The Morgan fingerprint density at radius 2 is 2.00 bits per heavy atom. The van der Waals surface area contributed by atoms with E-state index in [2.05, 4.69) is 9.71 Å². The predicted molar refractivity (Wildman–Crippen MR) is 74.6 cm³/mol. The van der Waals surface area contributed by atoms with Gasteiger partial charge < -0.3 is 15.1 Å². The van der Waals surface area contributed by atoms with Crippen molar-refractivity contribution in [2.24, 2.45) is 4.40 Å². The number of piperazine rings is 1. The van der Waals surface area contributed by atoms with Crippen molar-refractivity contribution < 1.29 is 13.2 Å². The molecule has 0 aromatic heterocycles. The largest absolute Gasteiger partial charge is 0.336 e. The van der Waals surface area contributed by atoms with E-state index in [1.54, 1.807) is 28.2 Å². The van der Waals surface area contributed by atoms with Gasteiger partial charge in [0.15, 0.2) is 5.84 Å². The van der Waals surface area contributed by atoms with Gasteiger partial charge in [-0.2, -0.15) is 0 Å². The summed E-state index contributed by atoms with van der Waals surface area (Å²) >= 11 is 0. The molecule has 0 radical (unpaired) electrons. The normalized spacial score (nSPS) is 24.8. The number of rotatable bonds is 1. The number of amidine groups is 1. The van der Waals surface area contributed by atoms with Crippen LogP contribution in [0.4, 0.5) is 0 Å². The van der Waals surface area contributed by atoms with Crippen LogP contribution in [-0.4, -0.2) is 68.4 Å². The summed E-state index contributed by atoms with van der Waals surface area (Å²) in [6.45, 7) is 3.09. The zero-order chi connectivity index (χ0) is 14.2. The van der Waals surface area contributed by atoms with Gasteiger partial charge in [0.25, 0.3) is 15.9 Å². The molecule has 20 heavy (non-hydrogen) atoms. The lowest BCUT2D eigenvalue weighted by Gasteiger charge is -2.32. The van der Waals surface area contributed by atoms with E-state index in [4.69, 9.17) is 0 Å². The topological polar surface area (TPSA) is 82.1 Å². The molecular formula is C12H16N4O3S. The van der Waals surface area contributed by atoms with Crippen LogP contribution < -0.4 is 5.32 Å². The first-order valence-electron chi connectivity index (χ1n) is 6.55. The lowest BCUT2D eigenvalue weighted by Crippen LogP contribution is -2.49. The van der Waals surface area contributed by atoms with Gasteiger partial charge in [0, 0.05) is 38.9 Å². The van der Waals surface area contributed by atoms with E-state index in [-0.39, 0.29) is 17.5 Å². The van der Waals surface area contributed by atoms with Crippen LogP contribution in [0.25, 0.3) is 0 Å². The van der Waals surface area contributed by atoms with Crippen molar-refractivity contribution in [3.05, 3.63) is 23.9 Å². The third kappa shape index (κ3) is 2.48. The maximum Gasteiger partial charge on any atom is 0.257 e.